The van der Waals surface area contributed by atoms with Crippen LogP contribution in [0.2, 0.25) is 0 Å². The SMILES string of the molecule is CNC(C)CNC(=O)c1cn(-c2ccccc2)nc1-c1ccc(C)cc1C.Cl. The Hall–Kier alpha value is -2.63. The van der Waals surface area contributed by atoms with Crippen LogP contribution >= 0.6 is 12.4 Å². The number of nitrogens with zero attached hydrogens (tertiary/aromatic N) is 2. The number of carbonyl (C=O) groups excluding carboxylic acids is 1. The molecular weight excluding hydrogens is 372 g/mol. The normalized spacial score (nSPS) is 11.6. The van der Waals surface area contributed by atoms with E-state index >= 15 is 0 Å². The molecule has 1 atom stereocenters. The second-order valence-corrected chi connectivity index (χ2v) is 6.89. The van der Waals surface area contributed by atoms with E-state index in [1.54, 1.807) is 4.68 Å². The van der Waals surface area contributed by atoms with Gasteiger partial charge in [-0.1, -0.05) is 42.0 Å². The Morgan fingerprint density at radius 1 is 1.14 bits per heavy atom. The van der Waals surface area contributed by atoms with Gasteiger partial charge in [-0.3, -0.25) is 4.79 Å². The third-order valence-electron chi connectivity index (χ3n) is 4.68. The van der Waals surface area contributed by atoms with Crippen LogP contribution < -0.4 is 10.6 Å². The van der Waals surface area contributed by atoms with Crippen LogP contribution in [0.1, 0.15) is 28.4 Å². The van der Waals surface area contributed by atoms with E-state index in [0.717, 1.165) is 16.8 Å². The van der Waals surface area contributed by atoms with Crippen molar-refractivity contribution in [1.29, 1.82) is 0 Å². The number of para-hydroxylation sites is 1. The number of aromatic nitrogens is 2. The van der Waals surface area contributed by atoms with Crippen molar-refractivity contribution in [2.45, 2.75) is 26.8 Å². The van der Waals surface area contributed by atoms with Crippen LogP contribution in [0.5, 0.6) is 0 Å². The topological polar surface area (TPSA) is 58.9 Å². The van der Waals surface area contributed by atoms with Gasteiger partial charge in [0.15, 0.2) is 0 Å². The second-order valence-electron chi connectivity index (χ2n) is 6.89. The average Bonchev–Trinajstić information content (AvgIpc) is 3.11. The Kier molecular flexibility index (Phi) is 7.38. The molecule has 1 amide bonds. The van der Waals surface area contributed by atoms with E-state index < -0.39 is 0 Å². The maximum Gasteiger partial charge on any atom is 0.255 e. The Balaban J connectivity index is 0.00000280. The Morgan fingerprint density at radius 3 is 2.50 bits per heavy atom. The molecule has 0 aliphatic rings. The number of benzene rings is 2. The lowest BCUT2D eigenvalue weighted by Crippen LogP contribution is -2.37. The van der Waals surface area contributed by atoms with Gasteiger partial charge in [0.2, 0.25) is 0 Å². The van der Waals surface area contributed by atoms with E-state index in [-0.39, 0.29) is 24.4 Å². The number of hydrogen-bond donors (Lipinski definition) is 2. The molecule has 0 fully saturated rings. The molecule has 0 saturated heterocycles. The largest absolute Gasteiger partial charge is 0.350 e. The van der Waals surface area contributed by atoms with Gasteiger partial charge in [0.05, 0.1) is 11.3 Å². The molecule has 0 radical (unpaired) electrons. The molecule has 28 heavy (non-hydrogen) atoms. The fraction of sp³-hybridized carbons (Fsp3) is 0.273. The highest BCUT2D eigenvalue weighted by Crippen LogP contribution is 2.27. The smallest absolute Gasteiger partial charge is 0.255 e. The maximum absolute atomic E-state index is 12.9. The van der Waals surface area contributed by atoms with E-state index in [1.807, 2.05) is 56.6 Å². The maximum atomic E-state index is 12.9. The van der Waals surface area contributed by atoms with E-state index in [4.69, 9.17) is 5.10 Å². The molecule has 1 aromatic heterocycles. The minimum atomic E-state index is -0.116. The van der Waals surface area contributed by atoms with E-state index in [1.165, 1.54) is 5.56 Å². The number of amides is 1. The standard InChI is InChI=1S/C22H26N4O.ClH/c1-15-10-11-19(16(2)12-15)21-20(22(27)24-13-17(3)23-4)14-26(25-21)18-8-6-5-7-9-18;/h5-12,14,17,23H,13H2,1-4H3,(H,24,27);1H. The summed E-state index contributed by atoms with van der Waals surface area (Å²) in [5, 5.41) is 10.9. The monoisotopic (exact) mass is 398 g/mol. The van der Waals surface area contributed by atoms with Crippen LogP contribution in [0.15, 0.2) is 54.7 Å². The van der Waals surface area contributed by atoms with Gasteiger partial charge in [-0.05, 0) is 45.5 Å². The van der Waals surface area contributed by atoms with Crippen molar-refractivity contribution in [2.24, 2.45) is 0 Å². The number of aryl methyl sites for hydroxylation is 2. The summed E-state index contributed by atoms with van der Waals surface area (Å²) in [7, 11) is 1.88. The lowest BCUT2D eigenvalue weighted by molar-refractivity contribution is 0.0951. The van der Waals surface area contributed by atoms with Crippen molar-refractivity contribution in [3.63, 3.8) is 0 Å². The molecule has 1 heterocycles. The summed E-state index contributed by atoms with van der Waals surface area (Å²) < 4.78 is 1.77. The molecule has 3 rings (SSSR count). The van der Waals surface area contributed by atoms with Crippen molar-refractivity contribution in [3.05, 3.63) is 71.4 Å². The number of nitrogens with one attached hydrogen (secondary N) is 2. The summed E-state index contributed by atoms with van der Waals surface area (Å²) >= 11 is 0. The van der Waals surface area contributed by atoms with Crippen molar-refractivity contribution < 1.29 is 4.79 Å². The lowest BCUT2D eigenvalue weighted by atomic mass is 10.0. The molecule has 0 spiro atoms. The fourth-order valence-electron chi connectivity index (χ4n) is 2.97. The van der Waals surface area contributed by atoms with Gasteiger partial charge in [-0.15, -0.1) is 12.4 Å². The molecule has 5 nitrogen and oxygen atoms in total. The van der Waals surface area contributed by atoms with Crippen molar-refractivity contribution in [2.75, 3.05) is 13.6 Å². The number of rotatable bonds is 6. The highest BCUT2D eigenvalue weighted by atomic mass is 35.5. The zero-order valence-corrected chi connectivity index (χ0v) is 17.5. The van der Waals surface area contributed by atoms with Crippen LogP contribution in [-0.4, -0.2) is 35.3 Å². The first kappa shape index (κ1) is 21.7. The van der Waals surface area contributed by atoms with Gasteiger partial charge in [0.25, 0.3) is 5.91 Å². The number of likely N-dealkylation sites (N-methyl/N-ethyl adjacent to an activating group) is 1. The number of carbonyl (C=O) groups is 1. The summed E-state index contributed by atoms with van der Waals surface area (Å²) in [4.78, 5) is 12.9. The van der Waals surface area contributed by atoms with Crippen LogP contribution in [0, 0.1) is 13.8 Å². The Labute approximate surface area is 172 Å². The first-order valence-electron chi connectivity index (χ1n) is 9.17. The first-order chi connectivity index (χ1) is 13.0. The molecule has 148 valence electrons. The van der Waals surface area contributed by atoms with E-state index in [0.29, 0.717) is 17.8 Å². The molecule has 6 heteroatoms. The van der Waals surface area contributed by atoms with Gasteiger partial charge in [0, 0.05) is 24.3 Å². The zero-order chi connectivity index (χ0) is 19.4. The van der Waals surface area contributed by atoms with Gasteiger partial charge < -0.3 is 10.6 Å². The van der Waals surface area contributed by atoms with Crippen LogP contribution in [0.4, 0.5) is 0 Å². The molecule has 2 N–H and O–H groups in total. The summed E-state index contributed by atoms with van der Waals surface area (Å²) in [6.07, 6.45) is 1.81. The highest BCUT2D eigenvalue weighted by Gasteiger charge is 2.20. The van der Waals surface area contributed by atoms with E-state index in [9.17, 15) is 4.79 Å². The van der Waals surface area contributed by atoms with Crippen LogP contribution in [-0.2, 0) is 0 Å². The quantitative estimate of drug-likeness (QED) is 0.661. The molecule has 1 unspecified atom stereocenters. The van der Waals surface area contributed by atoms with Crippen molar-refractivity contribution in [3.8, 4) is 16.9 Å². The van der Waals surface area contributed by atoms with Crippen molar-refractivity contribution >= 4 is 18.3 Å². The molecule has 0 saturated carbocycles. The van der Waals surface area contributed by atoms with Gasteiger partial charge >= 0.3 is 0 Å². The molecular formula is C22H27ClN4O. The van der Waals surface area contributed by atoms with E-state index in [2.05, 4.69) is 36.6 Å². The highest BCUT2D eigenvalue weighted by molar-refractivity contribution is 6.00. The summed E-state index contributed by atoms with van der Waals surface area (Å²) in [6, 6.07) is 16.2. The molecule has 2 aromatic carbocycles. The summed E-state index contributed by atoms with van der Waals surface area (Å²) in [5.41, 5.74) is 5.46. The first-order valence-corrected chi connectivity index (χ1v) is 9.17. The third-order valence-corrected chi connectivity index (χ3v) is 4.68. The Morgan fingerprint density at radius 2 is 1.86 bits per heavy atom. The number of hydrogen-bond acceptors (Lipinski definition) is 3. The van der Waals surface area contributed by atoms with Crippen LogP contribution in [0.3, 0.4) is 0 Å². The molecule has 0 bridgehead atoms. The minimum Gasteiger partial charge on any atom is -0.350 e. The van der Waals surface area contributed by atoms with Gasteiger partial charge in [-0.2, -0.15) is 5.10 Å². The van der Waals surface area contributed by atoms with Crippen LogP contribution in [0.25, 0.3) is 16.9 Å². The Bertz CT molecular complexity index is 937. The summed E-state index contributed by atoms with van der Waals surface area (Å²) in [5.74, 6) is -0.116. The zero-order valence-electron chi connectivity index (χ0n) is 16.7. The predicted octanol–water partition coefficient (Wildman–Crippen LogP) is 3.92. The second kappa shape index (κ2) is 9.53. The minimum absolute atomic E-state index is 0. The molecule has 0 aliphatic heterocycles. The van der Waals surface area contributed by atoms with Crippen molar-refractivity contribution in [1.82, 2.24) is 20.4 Å². The third kappa shape index (κ3) is 4.80. The lowest BCUT2D eigenvalue weighted by Gasteiger charge is -2.12. The summed E-state index contributed by atoms with van der Waals surface area (Å²) in [6.45, 7) is 6.69. The number of halogens is 1. The average molecular weight is 399 g/mol. The van der Waals surface area contributed by atoms with Gasteiger partial charge in [-0.25, -0.2) is 4.68 Å². The predicted molar refractivity (Wildman–Crippen MR) is 117 cm³/mol. The fourth-order valence-corrected chi connectivity index (χ4v) is 2.97. The van der Waals surface area contributed by atoms with Gasteiger partial charge in [0.1, 0.15) is 5.69 Å². The molecule has 0 aliphatic carbocycles. The molecule has 3 aromatic rings.